The summed E-state index contributed by atoms with van der Waals surface area (Å²) in [7, 11) is 1.83. The van der Waals surface area contributed by atoms with Crippen LogP contribution in [0.3, 0.4) is 0 Å². The van der Waals surface area contributed by atoms with E-state index in [0.717, 1.165) is 30.5 Å². The lowest BCUT2D eigenvalue weighted by molar-refractivity contribution is -0.121. The van der Waals surface area contributed by atoms with Gasteiger partial charge in [0.25, 0.3) is 0 Å². The van der Waals surface area contributed by atoms with Gasteiger partial charge in [-0.1, -0.05) is 49.7 Å². The maximum atomic E-state index is 12.5. The molecule has 1 atom stereocenters. The highest BCUT2D eigenvalue weighted by Gasteiger charge is 2.23. The molecule has 0 unspecified atom stereocenters. The third kappa shape index (κ3) is 5.59. The molecule has 0 bridgehead atoms. The minimum absolute atomic E-state index is 0.0281. The molecule has 0 spiro atoms. The number of benzene rings is 1. The molecule has 1 aromatic carbocycles. The van der Waals surface area contributed by atoms with E-state index in [1.54, 1.807) is 4.57 Å². The number of rotatable bonds is 8. The van der Waals surface area contributed by atoms with Crippen molar-refractivity contribution in [2.45, 2.75) is 68.8 Å². The first-order valence-corrected chi connectivity index (χ1v) is 11.1. The normalized spacial score (nSPS) is 15.3. The largest absolute Gasteiger partial charge is 0.352 e. The smallest absolute Gasteiger partial charge is 0.233 e. The lowest BCUT2D eigenvalue weighted by atomic mass is 10.1. The molecule has 1 aliphatic carbocycles. The number of carbonyl (C=O) groups is 2. The van der Waals surface area contributed by atoms with Gasteiger partial charge in [-0.3, -0.25) is 9.59 Å². The van der Waals surface area contributed by atoms with Gasteiger partial charge in [-0.2, -0.15) is 0 Å². The fourth-order valence-corrected chi connectivity index (χ4v) is 4.33. The van der Waals surface area contributed by atoms with Crippen LogP contribution in [0.5, 0.6) is 0 Å². The summed E-state index contributed by atoms with van der Waals surface area (Å²) >= 11 is 1.37. The highest BCUT2D eigenvalue weighted by atomic mass is 32.2. The SMILES string of the molecule is CCc1ccccc1NC(=O)Cc1nnc(S[C@@H](C)C(=O)NC2CCCC2)n1C. The van der Waals surface area contributed by atoms with Crippen LogP contribution >= 0.6 is 11.8 Å². The van der Waals surface area contributed by atoms with Gasteiger partial charge < -0.3 is 15.2 Å². The zero-order valence-electron chi connectivity index (χ0n) is 17.3. The predicted molar refractivity (Wildman–Crippen MR) is 115 cm³/mol. The van der Waals surface area contributed by atoms with Crippen LogP contribution in [0.15, 0.2) is 29.4 Å². The Balaban J connectivity index is 1.57. The Kier molecular flexibility index (Phi) is 7.30. The van der Waals surface area contributed by atoms with Crippen LogP contribution in [-0.2, 0) is 29.5 Å². The minimum atomic E-state index is -0.267. The van der Waals surface area contributed by atoms with Crippen molar-refractivity contribution in [2.75, 3.05) is 5.32 Å². The molecule has 1 heterocycles. The second-order valence-electron chi connectivity index (χ2n) is 7.44. The lowest BCUT2D eigenvalue weighted by Gasteiger charge is -2.16. The summed E-state index contributed by atoms with van der Waals surface area (Å²) in [6.07, 6.45) is 5.47. The maximum absolute atomic E-state index is 12.5. The van der Waals surface area contributed by atoms with Crippen molar-refractivity contribution in [2.24, 2.45) is 7.05 Å². The quantitative estimate of drug-likeness (QED) is 0.647. The molecule has 2 aromatic rings. The van der Waals surface area contributed by atoms with E-state index >= 15 is 0 Å². The van der Waals surface area contributed by atoms with Crippen LogP contribution in [0, 0.1) is 0 Å². The van der Waals surface area contributed by atoms with Gasteiger partial charge in [0.2, 0.25) is 11.8 Å². The second kappa shape index (κ2) is 9.91. The summed E-state index contributed by atoms with van der Waals surface area (Å²) in [5.41, 5.74) is 1.92. The Labute approximate surface area is 176 Å². The number of carbonyl (C=O) groups excluding carboxylic acids is 2. The van der Waals surface area contributed by atoms with Crippen molar-refractivity contribution in [3.63, 3.8) is 0 Å². The van der Waals surface area contributed by atoms with E-state index in [9.17, 15) is 9.59 Å². The van der Waals surface area contributed by atoms with Crippen LogP contribution < -0.4 is 10.6 Å². The van der Waals surface area contributed by atoms with Gasteiger partial charge >= 0.3 is 0 Å². The Morgan fingerprint density at radius 1 is 1.24 bits per heavy atom. The molecule has 7 nitrogen and oxygen atoms in total. The van der Waals surface area contributed by atoms with Gasteiger partial charge in [0.1, 0.15) is 5.82 Å². The van der Waals surface area contributed by atoms with Gasteiger partial charge in [-0.05, 0) is 37.8 Å². The van der Waals surface area contributed by atoms with Crippen molar-refractivity contribution in [3.8, 4) is 0 Å². The first kappa shape index (κ1) is 21.4. The lowest BCUT2D eigenvalue weighted by Crippen LogP contribution is -2.37. The van der Waals surface area contributed by atoms with E-state index in [2.05, 4.69) is 27.8 Å². The summed E-state index contributed by atoms with van der Waals surface area (Å²) < 4.78 is 1.79. The first-order chi connectivity index (χ1) is 14.0. The molecule has 1 fully saturated rings. The van der Waals surface area contributed by atoms with Crippen molar-refractivity contribution >= 4 is 29.3 Å². The molecule has 1 aliphatic rings. The van der Waals surface area contributed by atoms with E-state index < -0.39 is 0 Å². The molecule has 2 amide bonds. The highest BCUT2D eigenvalue weighted by Crippen LogP contribution is 2.24. The van der Waals surface area contributed by atoms with E-state index in [1.807, 2.05) is 38.2 Å². The fraction of sp³-hybridized carbons (Fsp3) is 0.524. The van der Waals surface area contributed by atoms with Crippen LogP contribution in [0.4, 0.5) is 5.69 Å². The van der Waals surface area contributed by atoms with E-state index in [-0.39, 0.29) is 23.5 Å². The number of hydrogen-bond acceptors (Lipinski definition) is 5. The average Bonchev–Trinajstić information content (AvgIpc) is 3.33. The number of anilines is 1. The molecule has 0 aliphatic heterocycles. The van der Waals surface area contributed by atoms with Gasteiger partial charge in [0.05, 0.1) is 11.7 Å². The highest BCUT2D eigenvalue weighted by molar-refractivity contribution is 8.00. The van der Waals surface area contributed by atoms with E-state index in [0.29, 0.717) is 17.0 Å². The Morgan fingerprint density at radius 3 is 2.69 bits per heavy atom. The molecule has 0 radical (unpaired) electrons. The maximum Gasteiger partial charge on any atom is 0.233 e. The third-order valence-electron chi connectivity index (χ3n) is 5.27. The summed E-state index contributed by atoms with van der Waals surface area (Å²) in [4.78, 5) is 24.9. The van der Waals surface area contributed by atoms with Crippen LogP contribution in [0.2, 0.25) is 0 Å². The molecule has 3 rings (SSSR count). The van der Waals surface area contributed by atoms with Crippen LogP contribution in [0.25, 0.3) is 0 Å². The Hall–Kier alpha value is -2.35. The molecule has 2 N–H and O–H groups in total. The fourth-order valence-electron chi connectivity index (χ4n) is 3.49. The van der Waals surface area contributed by atoms with Crippen molar-refractivity contribution in [3.05, 3.63) is 35.7 Å². The number of hydrogen-bond donors (Lipinski definition) is 2. The number of para-hydroxylation sites is 1. The zero-order valence-corrected chi connectivity index (χ0v) is 18.1. The summed E-state index contributed by atoms with van der Waals surface area (Å²) in [5.74, 6) is 0.465. The molecule has 1 aromatic heterocycles. The number of thioether (sulfide) groups is 1. The monoisotopic (exact) mass is 415 g/mol. The van der Waals surface area contributed by atoms with Crippen molar-refractivity contribution in [1.82, 2.24) is 20.1 Å². The summed E-state index contributed by atoms with van der Waals surface area (Å²) in [6.45, 7) is 3.93. The number of aryl methyl sites for hydroxylation is 1. The summed E-state index contributed by atoms with van der Waals surface area (Å²) in [6, 6.07) is 8.08. The van der Waals surface area contributed by atoms with E-state index in [1.165, 1.54) is 24.6 Å². The van der Waals surface area contributed by atoms with Crippen LogP contribution in [0.1, 0.15) is 50.9 Å². The number of amides is 2. The molecule has 0 saturated heterocycles. The van der Waals surface area contributed by atoms with Gasteiger partial charge in [-0.25, -0.2) is 0 Å². The first-order valence-electron chi connectivity index (χ1n) is 10.2. The Bertz CT molecular complexity index is 861. The zero-order chi connectivity index (χ0) is 20.8. The third-order valence-corrected chi connectivity index (χ3v) is 6.40. The van der Waals surface area contributed by atoms with Crippen molar-refractivity contribution in [1.29, 1.82) is 0 Å². The van der Waals surface area contributed by atoms with E-state index in [4.69, 9.17) is 0 Å². The van der Waals surface area contributed by atoms with Gasteiger partial charge in [0, 0.05) is 18.8 Å². The van der Waals surface area contributed by atoms with Crippen LogP contribution in [-0.4, -0.2) is 37.9 Å². The number of aromatic nitrogens is 3. The Morgan fingerprint density at radius 2 is 1.97 bits per heavy atom. The molecule has 1 saturated carbocycles. The molecule has 8 heteroatoms. The second-order valence-corrected chi connectivity index (χ2v) is 8.75. The molecular weight excluding hydrogens is 386 g/mol. The average molecular weight is 416 g/mol. The van der Waals surface area contributed by atoms with Crippen molar-refractivity contribution < 1.29 is 9.59 Å². The number of nitrogens with zero attached hydrogens (tertiary/aromatic N) is 3. The molecule has 156 valence electrons. The standard InChI is InChI=1S/C21H29N5O2S/c1-4-15-9-5-8-12-17(15)23-19(27)13-18-24-25-21(26(18)3)29-14(2)20(28)22-16-10-6-7-11-16/h5,8-9,12,14,16H,4,6-7,10-11,13H2,1-3H3,(H,22,28)(H,23,27)/t14-/m0/s1. The topological polar surface area (TPSA) is 88.9 Å². The van der Waals surface area contributed by atoms with Gasteiger partial charge in [-0.15, -0.1) is 10.2 Å². The molecular formula is C21H29N5O2S. The van der Waals surface area contributed by atoms with Gasteiger partial charge in [0.15, 0.2) is 5.16 Å². The number of nitrogens with one attached hydrogen (secondary N) is 2. The predicted octanol–water partition coefficient (Wildman–Crippen LogP) is 3.10. The summed E-state index contributed by atoms with van der Waals surface area (Å²) in [5, 5.41) is 14.8. The minimum Gasteiger partial charge on any atom is -0.352 e. The molecule has 29 heavy (non-hydrogen) atoms.